The molecule has 0 aromatic carbocycles. The zero-order valence-corrected chi connectivity index (χ0v) is 5.54. The van der Waals surface area contributed by atoms with Crippen molar-refractivity contribution >= 4 is 11.6 Å². The van der Waals surface area contributed by atoms with Gasteiger partial charge in [-0.15, -0.1) is 0 Å². The molecule has 0 heterocycles. The lowest BCUT2D eigenvalue weighted by atomic mass is 9.66. The fourth-order valence-electron chi connectivity index (χ4n) is 1.62. The van der Waals surface area contributed by atoms with Gasteiger partial charge in [0, 0.05) is 18.3 Å². The van der Waals surface area contributed by atoms with E-state index in [-0.39, 0.29) is 23.4 Å². The molecule has 2 aliphatic rings. The van der Waals surface area contributed by atoms with E-state index in [9.17, 15) is 9.59 Å². The Morgan fingerprint density at radius 1 is 1.30 bits per heavy atom. The summed E-state index contributed by atoms with van der Waals surface area (Å²) in [6.07, 6.45) is 4.69. The van der Waals surface area contributed by atoms with Crippen molar-refractivity contribution in [1.29, 1.82) is 0 Å². The number of carbonyl (C=O) groups is 2. The van der Waals surface area contributed by atoms with Gasteiger partial charge in [-0.2, -0.15) is 0 Å². The first-order chi connectivity index (χ1) is 4.79. The van der Waals surface area contributed by atoms with Crippen LogP contribution in [0.3, 0.4) is 0 Å². The summed E-state index contributed by atoms with van der Waals surface area (Å²) in [5, 5.41) is 0. The Labute approximate surface area is 58.9 Å². The quantitative estimate of drug-likeness (QED) is 0.491. The van der Waals surface area contributed by atoms with Crippen LogP contribution in [-0.2, 0) is 9.59 Å². The maximum Gasteiger partial charge on any atom is 0.159 e. The molecule has 1 fully saturated rings. The smallest absolute Gasteiger partial charge is 0.159 e. The number of carbonyl (C=O) groups excluding carboxylic acids is 2. The molecule has 0 aliphatic heterocycles. The molecule has 2 rings (SSSR count). The van der Waals surface area contributed by atoms with Crippen molar-refractivity contribution in [1.82, 2.24) is 0 Å². The summed E-state index contributed by atoms with van der Waals surface area (Å²) in [4.78, 5) is 21.8. The second kappa shape index (κ2) is 1.78. The maximum absolute atomic E-state index is 11.0. The van der Waals surface area contributed by atoms with Crippen LogP contribution in [0.25, 0.3) is 0 Å². The number of Topliss-reactive ketones (excluding diaryl/α,β-unsaturated/α-hetero) is 1. The lowest BCUT2D eigenvalue weighted by Gasteiger charge is -2.34. The van der Waals surface area contributed by atoms with Crippen molar-refractivity contribution in [3.05, 3.63) is 12.2 Å². The Morgan fingerprint density at radius 2 is 2.10 bits per heavy atom. The summed E-state index contributed by atoms with van der Waals surface area (Å²) in [6, 6.07) is 0. The predicted octanol–water partition coefficient (Wildman–Crippen LogP) is 0.721. The van der Waals surface area contributed by atoms with Crippen LogP contribution in [0.2, 0.25) is 0 Å². The highest BCUT2D eigenvalue weighted by atomic mass is 16.1. The van der Waals surface area contributed by atoms with Crippen LogP contribution in [0.4, 0.5) is 0 Å². The zero-order valence-electron chi connectivity index (χ0n) is 5.54. The van der Waals surface area contributed by atoms with Crippen LogP contribution < -0.4 is 0 Å². The Bertz CT molecular complexity index is 227. The molecule has 2 unspecified atom stereocenters. The number of hydrogen-bond donors (Lipinski definition) is 0. The van der Waals surface area contributed by atoms with Crippen molar-refractivity contribution in [3.63, 3.8) is 0 Å². The monoisotopic (exact) mass is 136 g/mol. The largest absolute Gasteiger partial charge is 0.299 e. The molecule has 0 bridgehead atoms. The molecule has 0 radical (unpaired) electrons. The molecule has 2 aliphatic carbocycles. The minimum Gasteiger partial charge on any atom is -0.299 e. The topological polar surface area (TPSA) is 34.1 Å². The third kappa shape index (κ3) is 0.589. The summed E-state index contributed by atoms with van der Waals surface area (Å²) in [5.41, 5.74) is 0. The van der Waals surface area contributed by atoms with Crippen LogP contribution in [0, 0.1) is 11.8 Å². The summed E-state index contributed by atoms with van der Waals surface area (Å²) in [7, 11) is 0. The molecule has 0 aromatic heterocycles. The summed E-state index contributed by atoms with van der Waals surface area (Å²) in [5.74, 6) is 0.522. The van der Waals surface area contributed by atoms with Gasteiger partial charge >= 0.3 is 0 Å². The van der Waals surface area contributed by atoms with E-state index in [1.807, 2.05) is 0 Å². The van der Waals surface area contributed by atoms with Crippen molar-refractivity contribution in [2.45, 2.75) is 12.8 Å². The van der Waals surface area contributed by atoms with Gasteiger partial charge < -0.3 is 0 Å². The van der Waals surface area contributed by atoms with E-state index < -0.39 is 0 Å². The van der Waals surface area contributed by atoms with Crippen molar-refractivity contribution in [2.24, 2.45) is 11.8 Å². The predicted molar refractivity (Wildman–Crippen MR) is 35.4 cm³/mol. The lowest BCUT2D eigenvalue weighted by molar-refractivity contribution is -0.141. The molecular formula is C8H8O2. The molecule has 2 heteroatoms. The van der Waals surface area contributed by atoms with E-state index >= 15 is 0 Å². The number of fused-ring (bicyclic) bond motifs is 1. The van der Waals surface area contributed by atoms with Gasteiger partial charge in [0.25, 0.3) is 0 Å². The second-order valence-corrected chi connectivity index (χ2v) is 2.92. The maximum atomic E-state index is 11.0. The van der Waals surface area contributed by atoms with E-state index in [2.05, 4.69) is 0 Å². The van der Waals surface area contributed by atoms with Gasteiger partial charge in [0.2, 0.25) is 0 Å². The minimum absolute atomic E-state index is 0.0532. The molecular weight excluding hydrogens is 128 g/mol. The van der Waals surface area contributed by atoms with Crippen molar-refractivity contribution in [2.75, 3.05) is 0 Å². The summed E-state index contributed by atoms with van der Waals surface area (Å²) in [6.45, 7) is 0. The van der Waals surface area contributed by atoms with Crippen LogP contribution in [-0.4, -0.2) is 11.6 Å². The van der Waals surface area contributed by atoms with Gasteiger partial charge in [-0.3, -0.25) is 9.59 Å². The minimum atomic E-state index is 0.0532. The molecule has 52 valence electrons. The standard InChI is InChI=1S/C8H8O2/c9-7-3-1-2-5-6(7)4-8(5)10/h1,3,5-6H,2,4H2. The van der Waals surface area contributed by atoms with Crippen molar-refractivity contribution in [3.8, 4) is 0 Å². The second-order valence-electron chi connectivity index (χ2n) is 2.92. The van der Waals surface area contributed by atoms with Crippen molar-refractivity contribution < 1.29 is 9.59 Å². The first kappa shape index (κ1) is 5.83. The molecule has 0 saturated heterocycles. The van der Waals surface area contributed by atoms with E-state index in [0.29, 0.717) is 6.42 Å². The average molecular weight is 136 g/mol. The number of hydrogen-bond acceptors (Lipinski definition) is 2. The van der Waals surface area contributed by atoms with Crippen LogP contribution in [0.5, 0.6) is 0 Å². The van der Waals surface area contributed by atoms with E-state index in [1.165, 1.54) is 0 Å². The molecule has 0 spiro atoms. The third-order valence-electron chi connectivity index (χ3n) is 2.36. The summed E-state index contributed by atoms with van der Waals surface area (Å²) >= 11 is 0. The first-order valence-electron chi connectivity index (χ1n) is 3.52. The van der Waals surface area contributed by atoms with Crippen LogP contribution in [0.15, 0.2) is 12.2 Å². The fraction of sp³-hybridized carbons (Fsp3) is 0.500. The Kier molecular flexibility index (Phi) is 1.04. The normalized spacial score (nSPS) is 37.2. The van der Waals surface area contributed by atoms with Gasteiger partial charge in [0.15, 0.2) is 5.78 Å². The lowest BCUT2D eigenvalue weighted by Crippen LogP contribution is -2.42. The SMILES string of the molecule is O=C1C=CCC2C(=O)CC12. The summed E-state index contributed by atoms with van der Waals surface area (Å²) < 4.78 is 0. The Balaban J connectivity index is 2.24. The molecule has 2 atom stereocenters. The Morgan fingerprint density at radius 3 is 2.70 bits per heavy atom. The Hall–Kier alpha value is -0.920. The third-order valence-corrected chi connectivity index (χ3v) is 2.36. The molecule has 2 nitrogen and oxygen atoms in total. The highest BCUT2D eigenvalue weighted by molar-refractivity contribution is 6.04. The first-order valence-corrected chi connectivity index (χ1v) is 3.52. The van der Waals surface area contributed by atoms with E-state index in [0.717, 1.165) is 6.42 Å². The van der Waals surface area contributed by atoms with Gasteiger partial charge in [0.05, 0.1) is 0 Å². The molecule has 0 N–H and O–H groups in total. The van der Waals surface area contributed by atoms with Gasteiger partial charge in [0.1, 0.15) is 5.78 Å². The van der Waals surface area contributed by atoms with Crippen LogP contribution >= 0.6 is 0 Å². The van der Waals surface area contributed by atoms with Gasteiger partial charge in [-0.05, 0) is 12.5 Å². The van der Waals surface area contributed by atoms with Crippen LogP contribution in [0.1, 0.15) is 12.8 Å². The number of rotatable bonds is 0. The van der Waals surface area contributed by atoms with E-state index in [1.54, 1.807) is 12.2 Å². The highest BCUT2D eigenvalue weighted by Gasteiger charge is 2.43. The average Bonchev–Trinajstić information content (AvgIpc) is 1.91. The number of ketones is 2. The fourth-order valence-corrected chi connectivity index (χ4v) is 1.62. The van der Waals surface area contributed by atoms with Gasteiger partial charge in [-0.1, -0.05) is 6.08 Å². The molecule has 10 heavy (non-hydrogen) atoms. The van der Waals surface area contributed by atoms with E-state index in [4.69, 9.17) is 0 Å². The highest BCUT2D eigenvalue weighted by Crippen LogP contribution is 2.36. The zero-order chi connectivity index (χ0) is 7.14. The molecule has 1 saturated carbocycles. The molecule has 0 amide bonds. The molecule has 0 aromatic rings. The van der Waals surface area contributed by atoms with Gasteiger partial charge in [-0.25, -0.2) is 0 Å². The number of allylic oxidation sites excluding steroid dienone is 2.